The van der Waals surface area contributed by atoms with Gasteiger partial charge in [-0.05, 0) is 55.2 Å². The van der Waals surface area contributed by atoms with Gasteiger partial charge in [-0.25, -0.2) is 8.42 Å². The third kappa shape index (κ3) is 8.28. The summed E-state index contributed by atoms with van der Waals surface area (Å²) >= 11 is 0. The third-order valence-electron chi connectivity index (χ3n) is 5.67. The number of unbranched alkanes of at least 4 members (excludes halogenated alkanes) is 1. The molecule has 1 atom stereocenters. The summed E-state index contributed by atoms with van der Waals surface area (Å²) in [6.07, 6.45) is 3.23. The van der Waals surface area contributed by atoms with Gasteiger partial charge in [0, 0.05) is 13.1 Å². The fourth-order valence-corrected chi connectivity index (χ4v) is 4.63. The molecule has 0 spiro atoms. The maximum atomic E-state index is 13.7. The summed E-state index contributed by atoms with van der Waals surface area (Å²) in [6, 6.07) is 13.5. The van der Waals surface area contributed by atoms with Gasteiger partial charge in [-0.1, -0.05) is 44.5 Å². The number of sulfonamides is 1. The first kappa shape index (κ1) is 28.2. The van der Waals surface area contributed by atoms with E-state index in [1.807, 2.05) is 39.0 Å². The minimum atomic E-state index is -3.75. The molecule has 0 aliphatic rings. The van der Waals surface area contributed by atoms with Gasteiger partial charge in [-0.15, -0.1) is 0 Å². The Balaban J connectivity index is 2.42. The van der Waals surface area contributed by atoms with Gasteiger partial charge in [0.1, 0.15) is 18.3 Å². The van der Waals surface area contributed by atoms with Crippen molar-refractivity contribution >= 4 is 27.5 Å². The van der Waals surface area contributed by atoms with Crippen molar-refractivity contribution in [3.63, 3.8) is 0 Å². The van der Waals surface area contributed by atoms with E-state index in [-0.39, 0.29) is 12.5 Å². The van der Waals surface area contributed by atoms with Crippen LogP contribution < -0.4 is 14.4 Å². The summed E-state index contributed by atoms with van der Waals surface area (Å²) in [4.78, 5) is 28.2. The second-order valence-corrected chi connectivity index (χ2v) is 10.5. The van der Waals surface area contributed by atoms with Crippen LogP contribution in [-0.4, -0.2) is 57.6 Å². The Morgan fingerprint density at radius 3 is 2.40 bits per heavy atom. The minimum Gasteiger partial charge on any atom is -0.497 e. The topological polar surface area (TPSA) is 96.0 Å². The average Bonchev–Trinajstić information content (AvgIpc) is 2.81. The predicted octanol–water partition coefficient (Wildman–Crippen LogP) is 3.49. The molecule has 0 saturated carbocycles. The van der Waals surface area contributed by atoms with E-state index in [0.717, 1.165) is 34.5 Å². The molecule has 1 N–H and O–H groups in total. The number of rotatable bonds is 13. The molecule has 8 nitrogen and oxygen atoms in total. The van der Waals surface area contributed by atoms with E-state index in [1.165, 1.54) is 4.90 Å². The Hall–Kier alpha value is -3.07. The van der Waals surface area contributed by atoms with Gasteiger partial charge in [-0.3, -0.25) is 13.9 Å². The second kappa shape index (κ2) is 13.1. The van der Waals surface area contributed by atoms with Gasteiger partial charge < -0.3 is 15.0 Å². The van der Waals surface area contributed by atoms with E-state index >= 15 is 0 Å². The minimum absolute atomic E-state index is 0.140. The molecule has 2 rings (SSSR count). The molecule has 2 aromatic carbocycles. The largest absolute Gasteiger partial charge is 0.497 e. The van der Waals surface area contributed by atoms with E-state index in [4.69, 9.17) is 4.74 Å². The summed E-state index contributed by atoms with van der Waals surface area (Å²) in [6.45, 7) is 5.98. The number of hydrogen-bond acceptors (Lipinski definition) is 5. The van der Waals surface area contributed by atoms with E-state index in [0.29, 0.717) is 24.4 Å². The standard InChI is InChI=1S/C26H37N3O5S/c1-6-8-15-27-26(31)24(7-2)28(18-21-12-10-14-23(17-21)34-4)25(30)19-29(35(5,32)33)22-13-9-11-20(3)16-22/h9-14,16-17,24H,6-8,15,18-19H2,1-5H3,(H,27,31)/t24-/m0/s1. The molecule has 0 aliphatic carbocycles. The highest BCUT2D eigenvalue weighted by Crippen LogP contribution is 2.21. The Kier molecular flexibility index (Phi) is 10.6. The van der Waals surface area contributed by atoms with Crippen molar-refractivity contribution in [1.82, 2.24) is 10.2 Å². The monoisotopic (exact) mass is 503 g/mol. The molecular formula is C26H37N3O5S. The first-order chi connectivity index (χ1) is 16.6. The van der Waals surface area contributed by atoms with E-state index in [2.05, 4.69) is 5.32 Å². The fourth-order valence-electron chi connectivity index (χ4n) is 3.79. The first-order valence-electron chi connectivity index (χ1n) is 11.8. The number of nitrogens with one attached hydrogen (secondary N) is 1. The highest BCUT2D eigenvalue weighted by atomic mass is 32.2. The number of nitrogens with zero attached hydrogens (tertiary/aromatic N) is 2. The zero-order valence-corrected chi connectivity index (χ0v) is 22.1. The van der Waals surface area contributed by atoms with E-state index in [1.54, 1.807) is 37.4 Å². The number of aryl methyl sites for hydroxylation is 1. The molecule has 35 heavy (non-hydrogen) atoms. The van der Waals surface area contributed by atoms with Crippen LogP contribution in [0.5, 0.6) is 5.75 Å². The molecule has 2 amide bonds. The molecule has 0 aromatic heterocycles. The molecule has 2 aromatic rings. The van der Waals surface area contributed by atoms with Crippen molar-refractivity contribution in [1.29, 1.82) is 0 Å². The lowest BCUT2D eigenvalue weighted by atomic mass is 10.1. The van der Waals surface area contributed by atoms with Crippen molar-refractivity contribution in [2.45, 2.75) is 52.6 Å². The SMILES string of the molecule is CCCCNC(=O)[C@H](CC)N(Cc1cccc(OC)c1)C(=O)CN(c1cccc(C)c1)S(C)(=O)=O. The summed E-state index contributed by atoms with van der Waals surface area (Å²) in [5.74, 6) is -0.0798. The van der Waals surface area contributed by atoms with Gasteiger partial charge >= 0.3 is 0 Å². The van der Waals surface area contributed by atoms with Crippen LogP contribution in [0, 0.1) is 6.92 Å². The lowest BCUT2D eigenvalue weighted by Crippen LogP contribution is -2.52. The van der Waals surface area contributed by atoms with Crippen molar-refractivity contribution in [3.05, 3.63) is 59.7 Å². The van der Waals surface area contributed by atoms with Gasteiger partial charge in [0.15, 0.2) is 0 Å². The zero-order valence-electron chi connectivity index (χ0n) is 21.3. The molecule has 0 fully saturated rings. The van der Waals surface area contributed by atoms with Crippen molar-refractivity contribution in [3.8, 4) is 5.75 Å². The lowest BCUT2D eigenvalue weighted by Gasteiger charge is -2.33. The first-order valence-corrected chi connectivity index (χ1v) is 13.7. The Bertz CT molecular complexity index is 1100. The zero-order chi connectivity index (χ0) is 26.0. The third-order valence-corrected chi connectivity index (χ3v) is 6.81. The van der Waals surface area contributed by atoms with Gasteiger partial charge in [0.25, 0.3) is 0 Å². The molecule has 9 heteroatoms. The Morgan fingerprint density at radius 1 is 1.09 bits per heavy atom. The van der Waals surface area contributed by atoms with E-state index < -0.39 is 28.5 Å². The van der Waals surface area contributed by atoms with Crippen LogP contribution in [0.25, 0.3) is 0 Å². The summed E-state index contributed by atoms with van der Waals surface area (Å²) in [7, 11) is -2.19. The van der Waals surface area contributed by atoms with Crippen molar-refractivity contribution in [2.75, 3.05) is 30.8 Å². The highest BCUT2D eigenvalue weighted by molar-refractivity contribution is 7.92. The van der Waals surface area contributed by atoms with E-state index in [9.17, 15) is 18.0 Å². The van der Waals surface area contributed by atoms with Crippen LogP contribution >= 0.6 is 0 Å². The lowest BCUT2D eigenvalue weighted by molar-refractivity contribution is -0.140. The molecule has 0 aliphatic heterocycles. The Morgan fingerprint density at radius 2 is 1.80 bits per heavy atom. The molecule has 0 bridgehead atoms. The number of benzene rings is 2. The van der Waals surface area contributed by atoms with Gasteiger partial charge in [0.2, 0.25) is 21.8 Å². The molecule has 0 heterocycles. The number of anilines is 1. The van der Waals surface area contributed by atoms with Crippen molar-refractivity contribution < 1.29 is 22.7 Å². The smallest absolute Gasteiger partial charge is 0.244 e. The van der Waals surface area contributed by atoms with Crippen LogP contribution in [0.15, 0.2) is 48.5 Å². The van der Waals surface area contributed by atoms with Crippen molar-refractivity contribution in [2.24, 2.45) is 0 Å². The number of carbonyl (C=O) groups excluding carboxylic acids is 2. The fraction of sp³-hybridized carbons (Fsp3) is 0.462. The van der Waals surface area contributed by atoms with Crippen LogP contribution in [-0.2, 0) is 26.2 Å². The summed E-state index contributed by atoms with van der Waals surface area (Å²) < 4.78 is 31.7. The quantitative estimate of drug-likeness (QED) is 0.422. The second-order valence-electron chi connectivity index (χ2n) is 8.55. The molecule has 0 saturated heterocycles. The van der Waals surface area contributed by atoms with Crippen LogP contribution in [0.1, 0.15) is 44.2 Å². The van der Waals surface area contributed by atoms with Crippen LogP contribution in [0.4, 0.5) is 5.69 Å². The van der Waals surface area contributed by atoms with Gasteiger partial charge in [-0.2, -0.15) is 0 Å². The Labute approximate surface area is 209 Å². The molecule has 0 unspecified atom stereocenters. The van der Waals surface area contributed by atoms with Crippen LogP contribution in [0.3, 0.4) is 0 Å². The number of ether oxygens (including phenoxy) is 1. The highest BCUT2D eigenvalue weighted by Gasteiger charge is 2.31. The maximum absolute atomic E-state index is 13.7. The molecule has 192 valence electrons. The van der Waals surface area contributed by atoms with Crippen LogP contribution in [0.2, 0.25) is 0 Å². The summed E-state index contributed by atoms with van der Waals surface area (Å²) in [5, 5.41) is 2.91. The number of hydrogen-bond donors (Lipinski definition) is 1. The normalized spacial score (nSPS) is 12.0. The summed E-state index contributed by atoms with van der Waals surface area (Å²) in [5.41, 5.74) is 2.06. The van der Waals surface area contributed by atoms with Gasteiger partial charge in [0.05, 0.1) is 19.1 Å². The number of carbonyl (C=O) groups is 2. The molecular weight excluding hydrogens is 466 g/mol. The number of amides is 2. The number of methoxy groups -OCH3 is 1. The predicted molar refractivity (Wildman–Crippen MR) is 139 cm³/mol. The maximum Gasteiger partial charge on any atom is 0.244 e. The average molecular weight is 504 g/mol. The molecule has 0 radical (unpaired) electrons.